The van der Waals surface area contributed by atoms with Gasteiger partial charge in [0.05, 0.1) is 32.1 Å². The van der Waals surface area contributed by atoms with Crippen molar-refractivity contribution in [3.63, 3.8) is 0 Å². The van der Waals surface area contributed by atoms with Gasteiger partial charge in [-0.05, 0) is 6.42 Å². The number of halogens is 1. The minimum Gasteiger partial charge on any atom is -0.493 e. The van der Waals surface area contributed by atoms with E-state index in [-0.39, 0.29) is 0 Å². The Kier molecular flexibility index (Phi) is 3.68. The van der Waals surface area contributed by atoms with Gasteiger partial charge in [-0.15, -0.1) is 0 Å². The van der Waals surface area contributed by atoms with Crippen molar-refractivity contribution in [3.8, 4) is 5.75 Å². The highest BCUT2D eigenvalue weighted by atomic mass is 35.5. The number of nitrogens with zero attached hydrogens (tertiary/aromatic N) is 1. The van der Waals surface area contributed by atoms with Crippen LogP contribution in [0.4, 0.5) is 0 Å². The molecule has 1 aromatic heterocycles. The minimum atomic E-state index is 0.345. The molecule has 0 bridgehead atoms. The first-order valence-corrected chi connectivity index (χ1v) is 6.65. The van der Waals surface area contributed by atoms with Crippen molar-refractivity contribution in [3.05, 3.63) is 23.0 Å². The van der Waals surface area contributed by atoms with Crippen molar-refractivity contribution in [1.29, 1.82) is 0 Å². The molecule has 0 spiro atoms. The van der Waals surface area contributed by atoms with Gasteiger partial charge in [0, 0.05) is 30.6 Å². The van der Waals surface area contributed by atoms with Crippen LogP contribution in [0, 0.1) is 5.92 Å². The van der Waals surface area contributed by atoms with Crippen LogP contribution in [0.2, 0.25) is 5.15 Å². The van der Waals surface area contributed by atoms with E-state index in [0.29, 0.717) is 23.6 Å². The monoisotopic (exact) mass is 269 g/mol. The molecule has 18 heavy (non-hydrogen) atoms. The molecule has 0 radical (unpaired) electrons. The molecule has 0 aromatic carbocycles. The summed E-state index contributed by atoms with van der Waals surface area (Å²) in [7, 11) is 0. The fraction of sp³-hybridized carbons (Fsp3) is 0.615. The Morgan fingerprint density at radius 2 is 2.17 bits per heavy atom. The van der Waals surface area contributed by atoms with E-state index < -0.39 is 0 Å². The molecular weight excluding hydrogens is 254 g/mol. The molecule has 2 saturated heterocycles. The Hall–Kier alpha value is -0.840. The van der Waals surface area contributed by atoms with E-state index in [4.69, 9.17) is 25.8 Å². The predicted octanol–water partition coefficient (Wildman–Crippen LogP) is 2.26. The summed E-state index contributed by atoms with van der Waals surface area (Å²) in [4.78, 5) is 4.36. The largest absolute Gasteiger partial charge is 0.493 e. The molecule has 1 aromatic rings. The minimum absolute atomic E-state index is 0.345. The maximum Gasteiger partial charge on any atom is 0.133 e. The van der Waals surface area contributed by atoms with Gasteiger partial charge in [-0.2, -0.15) is 0 Å². The van der Waals surface area contributed by atoms with Crippen LogP contribution in [0.5, 0.6) is 5.75 Å². The van der Waals surface area contributed by atoms with Crippen LogP contribution in [0.3, 0.4) is 0 Å². The molecule has 2 aliphatic rings. The van der Waals surface area contributed by atoms with Gasteiger partial charge in [0.15, 0.2) is 0 Å². The van der Waals surface area contributed by atoms with Gasteiger partial charge >= 0.3 is 0 Å². The first-order chi connectivity index (χ1) is 8.81. The molecule has 4 nitrogen and oxygen atoms in total. The maximum atomic E-state index is 6.03. The predicted molar refractivity (Wildman–Crippen MR) is 67.2 cm³/mol. The topological polar surface area (TPSA) is 40.6 Å². The second kappa shape index (κ2) is 5.43. The average molecular weight is 270 g/mol. The first kappa shape index (κ1) is 12.2. The first-order valence-electron chi connectivity index (χ1n) is 6.27. The van der Waals surface area contributed by atoms with Gasteiger partial charge in [-0.3, -0.25) is 0 Å². The Balaban J connectivity index is 1.68. The normalized spacial score (nSPS) is 23.9. The molecule has 1 atom stereocenters. The van der Waals surface area contributed by atoms with Gasteiger partial charge in [0.25, 0.3) is 0 Å². The summed E-state index contributed by atoms with van der Waals surface area (Å²) >= 11 is 6.03. The van der Waals surface area contributed by atoms with Crippen LogP contribution in [0.25, 0.3) is 0 Å². The number of hydrogen-bond acceptors (Lipinski definition) is 4. The van der Waals surface area contributed by atoms with E-state index in [2.05, 4.69) is 4.98 Å². The van der Waals surface area contributed by atoms with E-state index >= 15 is 0 Å². The zero-order chi connectivity index (χ0) is 12.4. The molecule has 0 amide bonds. The van der Waals surface area contributed by atoms with E-state index in [9.17, 15) is 0 Å². The van der Waals surface area contributed by atoms with Crippen LogP contribution >= 0.6 is 11.6 Å². The Morgan fingerprint density at radius 3 is 2.83 bits per heavy atom. The lowest BCUT2D eigenvalue weighted by atomic mass is 10.0. The highest BCUT2D eigenvalue weighted by molar-refractivity contribution is 6.29. The van der Waals surface area contributed by atoms with Gasteiger partial charge in [0.2, 0.25) is 0 Å². The molecule has 2 fully saturated rings. The van der Waals surface area contributed by atoms with Crippen molar-refractivity contribution >= 4 is 11.6 Å². The molecule has 0 N–H and O–H groups in total. The zero-order valence-corrected chi connectivity index (χ0v) is 10.9. The molecule has 2 aliphatic heterocycles. The van der Waals surface area contributed by atoms with Crippen molar-refractivity contribution in [2.45, 2.75) is 12.3 Å². The second-order valence-electron chi connectivity index (χ2n) is 4.83. The standard InChI is InChI=1S/C13H16ClNO3/c14-13-4-11(18-7-9-5-17-6-9)3-12(15-13)10-1-2-16-8-10/h3-4,9-10H,1-2,5-8H2. The molecule has 3 rings (SSSR count). The summed E-state index contributed by atoms with van der Waals surface area (Å²) in [6, 6.07) is 3.74. The molecule has 3 heterocycles. The summed E-state index contributed by atoms with van der Waals surface area (Å²) in [5.41, 5.74) is 0.972. The summed E-state index contributed by atoms with van der Waals surface area (Å²) in [6.45, 7) is 3.79. The lowest BCUT2D eigenvalue weighted by molar-refractivity contribution is -0.0508. The van der Waals surface area contributed by atoms with Gasteiger partial charge in [0.1, 0.15) is 10.9 Å². The number of aromatic nitrogens is 1. The third-order valence-electron chi connectivity index (χ3n) is 3.33. The van der Waals surface area contributed by atoms with Crippen molar-refractivity contribution in [1.82, 2.24) is 4.98 Å². The van der Waals surface area contributed by atoms with Crippen LogP contribution in [0.15, 0.2) is 12.1 Å². The quantitative estimate of drug-likeness (QED) is 0.786. The number of rotatable bonds is 4. The molecule has 1 unspecified atom stereocenters. The molecule has 98 valence electrons. The summed E-state index contributed by atoms with van der Waals surface area (Å²) < 4.78 is 16.2. The maximum absolute atomic E-state index is 6.03. The smallest absolute Gasteiger partial charge is 0.133 e. The van der Waals surface area contributed by atoms with Gasteiger partial charge in [-0.25, -0.2) is 4.98 Å². The highest BCUT2D eigenvalue weighted by Crippen LogP contribution is 2.28. The molecule has 0 aliphatic carbocycles. The second-order valence-corrected chi connectivity index (χ2v) is 5.21. The van der Waals surface area contributed by atoms with Crippen molar-refractivity contribution < 1.29 is 14.2 Å². The lowest BCUT2D eigenvalue weighted by Gasteiger charge is -2.25. The fourth-order valence-corrected chi connectivity index (χ4v) is 2.35. The molecule has 0 saturated carbocycles. The SMILES string of the molecule is Clc1cc(OCC2COC2)cc(C2CCOC2)n1. The summed E-state index contributed by atoms with van der Waals surface area (Å²) in [5, 5.41) is 0.485. The van der Waals surface area contributed by atoms with Crippen molar-refractivity contribution in [2.75, 3.05) is 33.0 Å². The lowest BCUT2D eigenvalue weighted by Crippen LogP contribution is -2.32. The number of hydrogen-bond donors (Lipinski definition) is 0. The zero-order valence-electron chi connectivity index (χ0n) is 10.1. The van der Waals surface area contributed by atoms with E-state index in [1.54, 1.807) is 6.07 Å². The van der Waals surface area contributed by atoms with E-state index in [1.807, 2.05) is 6.07 Å². The Morgan fingerprint density at radius 1 is 1.28 bits per heavy atom. The average Bonchev–Trinajstić information content (AvgIpc) is 2.79. The van der Waals surface area contributed by atoms with Crippen LogP contribution in [-0.4, -0.2) is 38.0 Å². The Bertz CT molecular complexity index is 417. The van der Waals surface area contributed by atoms with E-state index in [0.717, 1.165) is 44.3 Å². The fourth-order valence-electron chi connectivity index (χ4n) is 2.15. The third kappa shape index (κ3) is 2.76. The number of ether oxygens (including phenoxy) is 3. The Labute approximate surface area is 111 Å². The van der Waals surface area contributed by atoms with Gasteiger partial charge in [-0.1, -0.05) is 11.6 Å². The van der Waals surface area contributed by atoms with Crippen molar-refractivity contribution in [2.24, 2.45) is 5.92 Å². The molecule has 5 heteroatoms. The highest BCUT2D eigenvalue weighted by Gasteiger charge is 2.22. The summed E-state index contributed by atoms with van der Waals surface area (Å²) in [6.07, 6.45) is 1.00. The van der Waals surface area contributed by atoms with Crippen LogP contribution in [-0.2, 0) is 9.47 Å². The molecular formula is C13H16ClNO3. The van der Waals surface area contributed by atoms with E-state index in [1.165, 1.54) is 0 Å². The van der Waals surface area contributed by atoms with Crippen LogP contribution < -0.4 is 4.74 Å². The van der Waals surface area contributed by atoms with Gasteiger partial charge < -0.3 is 14.2 Å². The third-order valence-corrected chi connectivity index (χ3v) is 3.52. The number of pyridine rings is 1. The van der Waals surface area contributed by atoms with Crippen LogP contribution in [0.1, 0.15) is 18.0 Å². The summed E-state index contributed by atoms with van der Waals surface area (Å²) in [5.74, 6) is 1.65.